The average molecular weight is 434 g/mol. The van der Waals surface area contributed by atoms with Gasteiger partial charge < -0.3 is 4.74 Å². The Balaban J connectivity index is 1.52. The Morgan fingerprint density at radius 3 is 2.68 bits per heavy atom. The van der Waals surface area contributed by atoms with Gasteiger partial charge in [0.1, 0.15) is 5.69 Å². The number of benzene rings is 2. The lowest BCUT2D eigenvalue weighted by atomic mass is 10.1. The lowest BCUT2D eigenvalue weighted by molar-refractivity contribution is 0.101. The summed E-state index contributed by atoms with van der Waals surface area (Å²) in [5.41, 5.74) is 5.15. The van der Waals surface area contributed by atoms with E-state index in [4.69, 9.17) is 4.74 Å². The van der Waals surface area contributed by atoms with Crippen LogP contribution in [0.15, 0.2) is 54.7 Å². The first kappa shape index (κ1) is 20.9. The monoisotopic (exact) mass is 433 g/mol. The molecule has 1 amide bonds. The Labute approximate surface area is 184 Å². The molecule has 1 N–H and O–H groups in total. The molecule has 4 aromatic rings. The van der Waals surface area contributed by atoms with Gasteiger partial charge in [-0.15, -0.1) is 16.4 Å². The number of ether oxygens (including phenoxy) is 1. The van der Waals surface area contributed by atoms with Crippen LogP contribution in [0.3, 0.4) is 0 Å². The van der Waals surface area contributed by atoms with Gasteiger partial charge in [0.2, 0.25) is 0 Å². The Morgan fingerprint density at radius 2 is 1.94 bits per heavy atom. The zero-order chi connectivity index (χ0) is 21.8. The van der Waals surface area contributed by atoms with Gasteiger partial charge in [-0.3, -0.25) is 10.1 Å². The number of aryl methyl sites for hydroxylation is 2. The lowest BCUT2D eigenvalue weighted by Crippen LogP contribution is -2.15. The highest BCUT2D eigenvalue weighted by Gasteiger charge is 2.21. The van der Waals surface area contributed by atoms with E-state index in [1.807, 2.05) is 31.2 Å². The highest BCUT2D eigenvalue weighted by molar-refractivity contribution is 7.15. The fourth-order valence-corrected chi connectivity index (χ4v) is 4.06. The van der Waals surface area contributed by atoms with Crippen molar-refractivity contribution < 1.29 is 9.53 Å². The van der Waals surface area contributed by atoms with E-state index in [9.17, 15) is 4.79 Å². The molecule has 0 saturated carbocycles. The van der Waals surface area contributed by atoms with Crippen molar-refractivity contribution in [2.45, 2.75) is 26.9 Å². The zero-order valence-corrected chi connectivity index (χ0v) is 18.4. The minimum Gasteiger partial charge on any atom is -0.378 e. The van der Waals surface area contributed by atoms with Crippen LogP contribution in [0.2, 0.25) is 0 Å². The second-order valence-electron chi connectivity index (χ2n) is 7.32. The summed E-state index contributed by atoms with van der Waals surface area (Å²) in [6.45, 7) is 4.28. The third kappa shape index (κ3) is 4.87. The molecule has 0 aliphatic carbocycles. The molecule has 158 valence electrons. The Bertz CT molecular complexity index is 1200. The standard InChI is InChI=1S/C23H23N5O2S/c1-15-7-9-17(10-8-15)12-19-13-24-23(31-19)25-22(29)21-20(14-30-3)28(27-26-21)18-6-4-5-16(2)11-18/h4-11,13H,12,14H2,1-3H3,(H,24,25,29). The third-order valence-corrected chi connectivity index (χ3v) is 5.69. The van der Waals surface area contributed by atoms with E-state index in [-0.39, 0.29) is 18.2 Å². The molecule has 0 fully saturated rings. The summed E-state index contributed by atoms with van der Waals surface area (Å²) in [7, 11) is 1.58. The molecule has 2 aromatic carbocycles. The van der Waals surface area contributed by atoms with Crippen molar-refractivity contribution in [1.82, 2.24) is 20.0 Å². The normalized spacial score (nSPS) is 10.9. The molecule has 0 unspecified atom stereocenters. The van der Waals surface area contributed by atoms with E-state index in [1.54, 1.807) is 18.0 Å². The fraction of sp³-hybridized carbons (Fsp3) is 0.217. The molecule has 7 nitrogen and oxygen atoms in total. The zero-order valence-electron chi connectivity index (χ0n) is 17.6. The summed E-state index contributed by atoms with van der Waals surface area (Å²) in [5, 5.41) is 11.7. The third-order valence-electron chi connectivity index (χ3n) is 4.78. The van der Waals surface area contributed by atoms with Crippen LogP contribution in [0.4, 0.5) is 5.13 Å². The van der Waals surface area contributed by atoms with Crippen LogP contribution in [0.1, 0.15) is 37.7 Å². The van der Waals surface area contributed by atoms with Crippen LogP contribution in [0.25, 0.3) is 5.69 Å². The summed E-state index contributed by atoms with van der Waals surface area (Å²) in [5.74, 6) is -0.359. The molecule has 2 heterocycles. The number of aromatic nitrogens is 4. The number of methoxy groups -OCH3 is 1. The number of amides is 1. The summed E-state index contributed by atoms with van der Waals surface area (Å²) in [4.78, 5) is 18.3. The average Bonchev–Trinajstić information content (AvgIpc) is 3.37. The molecule has 0 saturated heterocycles. The number of carbonyl (C=O) groups is 1. The molecule has 2 aromatic heterocycles. The van der Waals surface area contributed by atoms with Gasteiger partial charge in [-0.25, -0.2) is 9.67 Å². The topological polar surface area (TPSA) is 81.9 Å². The molecule has 4 rings (SSSR count). The van der Waals surface area contributed by atoms with E-state index < -0.39 is 0 Å². The second kappa shape index (κ2) is 9.20. The maximum Gasteiger partial charge on any atom is 0.280 e. The van der Waals surface area contributed by atoms with Gasteiger partial charge in [-0.2, -0.15) is 0 Å². The van der Waals surface area contributed by atoms with Gasteiger partial charge in [-0.1, -0.05) is 47.2 Å². The molecule has 0 bridgehead atoms. The first-order chi connectivity index (χ1) is 15.0. The van der Waals surface area contributed by atoms with E-state index in [2.05, 4.69) is 51.8 Å². The first-order valence-corrected chi connectivity index (χ1v) is 10.7. The maximum absolute atomic E-state index is 12.9. The summed E-state index contributed by atoms with van der Waals surface area (Å²) in [6, 6.07) is 16.2. The van der Waals surface area contributed by atoms with Gasteiger partial charge in [0.05, 0.1) is 12.3 Å². The van der Waals surface area contributed by atoms with Crippen LogP contribution in [-0.4, -0.2) is 33.0 Å². The second-order valence-corrected chi connectivity index (χ2v) is 8.43. The Kier molecular flexibility index (Phi) is 6.20. The van der Waals surface area contributed by atoms with Crippen molar-refractivity contribution in [2.75, 3.05) is 12.4 Å². The minimum atomic E-state index is -0.359. The summed E-state index contributed by atoms with van der Waals surface area (Å²) < 4.78 is 6.94. The van der Waals surface area contributed by atoms with E-state index in [0.717, 1.165) is 22.5 Å². The van der Waals surface area contributed by atoms with Gasteiger partial charge in [0.15, 0.2) is 10.8 Å². The van der Waals surface area contributed by atoms with E-state index in [1.165, 1.54) is 22.5 Å². The van der Waals surface area contributed by atoms with Crippen LogP contribution < -0.4 is 5.32 Å². The van der Waals surface area contributed by atoms with Crippen LogP contribution in [-0.2, 0) is 17.8 Å². The van der Waals surface area contributed by atoms with Crippen LogP contribution >= 0.6 is 11.3 Å². The first-order valence-electron chi connectivity index (χ1n) is 9.85. The number of nitrogens with one attached hydrogen (secondary N) is 1. The van der Waals surface area contributed by atoms with Crippen molar-refractivity contribution in [3.63, 3.8) is 0 Å². The predicted octanol–water partition coefficient (Wildman–Crippen LogP) is 4.33. The van der Waals surface area contributed by atoms with Crippen molar-refractivity contribution in [2.24, 2.45) is 0 Å². The number of hydrogen-bond donors (Lipinski definition) is 1. The Morgan fingerprint density at radius 1 is 1.13 bits per heavy atom. The number of nitrogens with zero attached hydrogens (tertiary/aromatic N) is 4. The molecule has 8 heteroatoms. The maximum atomic E-state index is 12.9. The fourth-order valence-electron chi connectivity index (χ4n) is 3.22. The molecular formula is C23H23N5O2S. The molecule has 0 radical (unpaired) electrons. The van der Waals surface area contributed by atoms with Crippen molar-refractivity contribution in [3.8, 4) is 5.69 Å². The smallest absolute Gasteiger partial charge is 0.280 e. The highest BCUT2D eigenvalue weighted by atomic mass is 32.1. The summed E-state index contributed by atoms with van der Waals surface area (Å²) >= 11 is 1.45. The highest BCUT2D eigenvalue weighted by Crippen LogP contribution is 2.23. The van der Waals surface area contributed by atoms with Crippen molar-refractivity contribution >= 4 is 22.4 Å². The van der Waals surface area contributed by atoms with Gasteiger partial charge in [-0.05, 0) is 37.1 Å². The molecular weight excluding hydrogens is 410 g/mol. The molecule has 0 spiro atoms. The number of anilines is 1. The number of thiazole rings is 1. The number of hydrogen-bond acceptors (Lipinski definition) is 6. The molecule has 0 aliphatic heterocycles. The van der Waals surface area contributed by atoms with Crippen molar-refractivity contribution in [3.05, 3.63) is 87.7 Å². The number of rotatable bonds is 7. The minimum absolute atomic E-state index is 0.209. The Hall–Kier alpha value is -3.36. The SMILES string of the molecule is COCc1c(C(=O)Nc2ncc(Cc3ccc(C)cc3)s2)nnn1-c1cccc(C)c1. The van der Waals surface area contributed by atoms with E-state index in [0.29, 0.717) is 10.8 Å². The van der Waals surface area contributed by atoms with Crippen LogP contribution in [0.5, 0.6) is 0 Å². The quantitative estimate of drug-likeness (QED) is 0.469. The molecule has 0 atom stereocenters. The van der Waals surface area contributed by atoms with Gasteiger partial charge >= 0.3 is 0 Å². The summed E-state index contributed by atoms with van der Waals surface area (Å²) in [6.07, 6.45) is 2.56. The number of carbonyl (C=O) groups excluding carboxylic acids is 1. The van der Waals surface area contributed by atoms with Gasteiger partial charge in [0, 0.05) is 24.6 Å². The molecule has 0 aliphatic rings. The lowest BCUT2D eigenvalue weighted by Gasteiger charge is -2.07. The van der Waals surface area contributed by atoms with Crippen molar-refractivity contribution in [1.29, 1.82) is 0 Å². The van der Waals surface area contributed by atoms with E-state index >= 15 is 0 Å². The predicted molar refractivity (Wildman–Crippen MR) is 121 cm³/mol. The largest absolute Gasteiger partial charge is 0.378 e. The van der Waals surface area contributed by atoms with Gasteiger partial charge in [0.25, 0.3) is 5.91 Å². The molecule has 31 heavy (non-hydrogen) atoms. The van der Waals surface area contributed by atoms with Crippen LogP contribution in [0, 0.1) is 13.8 Å².